The molecular weight excluding hydrogens is 255 g/mol. The van der Waals surface area contributed by atoms with Crippen LogP contribution in [0.5, 0.6) is 0 Å². The van der Waals surface area contributed by atoms with E-state index in [4.69, 9.17) is 0 Å². The average Bonchev–Trinajstić information content (AvgIpc) is 2.15. The van der Waals surface area contributed by atoms with Crippen molar-refractivity contribution in [2.24, 2.45) is 0 Å². The van der Waals surface area contributed by atoms with E-state index in [1.54, 1.807) is 0 Å². The zero-order valence-corrected chi connectivity index (χ0v) is 11.1. The van der Waals surface area contributed by atoms with E-state index in [1.165, 1.54) is 38.9 Å². The quantitative estimate of drug-likeness (QED) is 0.773. The monoisotopic (exact) mass is 276 g/mol. The van der Waals surface area contributed by atoms with Crippen LogP contribution in [-0.4, -0.2) is 50.2 Å². The summed E-state index contributed by atoms with van der Waals surface area (Å²) in [4.78, 5) is 2.44. The van der Waals surface area contributed by atoms with Gasteiger partial charge in [0, 0.05) is 0 Å². The van der Waals surface area contributed by atoms with Crippen LogP contribution in [0.15, 0.2) is 0 Å². The van der Waals surface area contributed by atoms with Crippen LogP contribution in [0, 0.1) is 0 Å². The summed E-state index contributed by atoms with van der Waals surface area (Å²) in [6, 6.07) is 0.885. The van der Waals surface area contributed by atoms with Gasteiger partial charge in [-0.3, -0.25) is 0 Å². The summed E-state index contributed by atoms with van der Waals surface area (Å²) in [5.41, 5.74) is 0. The van der Waals surface area contributed by atoms with Crippen molar-refractivity contribution in [3.63, 3.8) is 0 Å². The van der Waals surface area contributed by atoms with E-state index in [-0.39, 0.29) is 21.4 Å². The zero-order chi connectivity index (χ0) is 8.81. The first-order valence-corrected chi connectivity index (χ1v) is 9.16. The Hall–Kier alpha value is 0.719. The Balaban J connectivity index is 2.26. The second-order valence-electron chi connectivity index (χ2n) is 3.42. The maximum atomic E-state index is 3.49. The molecule has 0 aromatic rings. The molecule has 0 bridgehead atoms. The van der Waals surface area contributed by atoms with Crippen LogP contribution < -0.4 is 5.32 Å². The first-order valence-electron chi connectivity index (χ1n) is 5.03. The second-order valence-corrected chi connectivity index (χ2v) is 6.33. The van der Waals surface area contributed by atoms with E-state index < -0.39 is 0 Å². The summed E-state index contributed by atoms with van der Waals surface area (Å²) >= 11 is -0.167. The second kappa shape index (κ2) is 6.21. The number of piperazine rings is 1. The fraction of sp³-hybridized carbons (Fsp3) is 1.00. The molecule has 1 saturated heterocycles. The van der Waals surface area contributed by atoms with Crippen LogP contribution in [-0.2, 0) is 0 Å². The summed E-state index contributed by atoms with van der Waals surface area (Å²) in [7, 11) is 0. The van der Waals surface area contributed by atoms with Crippen LogP contribution in [0.4, 0.5) is 0 Å². The molecule has 70 valence electrons. The molecule has 0 amide bonds. The molecule has 0 aliphatic carbocycles. The van der Waals surface area contributed by atoms with Gasteiger partial charge in [-0.25, -0.2) is 0 Å². The molecule has 3 heteroatoms. The molecule has 0 spiro atoms. The number of rotatable bonds is 4. The third kappa shape index (κ3) is 3.22. The molecule has 1 fully saturated rings. The van der Waals surface area contributed by atoms with Crippen molar-refractivity contribution in [1.82, 2.24) is 8.44 Å². The third-order valence-electron chi connectivity index (χ3n) is 2.53. The Morgan fingerprint density at radius 3 is 3.08 bits per heavy atom. The first kappa shape index (κ1) is 10.8. The summed E-state index contributed by atoms with van der Waals surface area (Å²) < 4.78 is 2.77. The molecule has 1 N–H and O–H groups in total. The molecule has 1 atom stereocenters. The Labute approximate surface area is 86.7 Å². The van der Waals surface area contributed by atoms with E-state index in [0.717, 1.165) is 6.04 Å². The van der Waals surface area contributed by atoms with E-state index in [9.17, 15) is 0 Å². The van der Waals surface area contributed by atoms with Crippen LogP contribution in [0.25, 0.3) is 0 Å². The van der Waals surface area contributed by atoms with Gasteiger partial charge in [0.25, 0.3) is 0 Å². The Morgan fingerprint density at radius 2 is 2.42 bits per heavy atom. The number of nitrogens with zero attached hydrogens (tertiary/aromatic N) is 1. The molecule has 2 nitrogen and oxygen atoms in total. The number of hydrogen-bond donors (Lipinski definition) is 1. The zero-order valence-electron chi connectivity index (χ0n) is 8.27. The van der Waals surface area contributed by atoms with Crippen LogP contribution in [0.3, 0.4) is 0 Å². The predicted molar refractivity (Wildman–Crippen MR) is 54.5 cm³/mol. The minimum absolute atomic E-state index is 0.167. The molecule has 1 aliphatic rings. The number of hydrogen-bond acceptors (Lipinski definition) is 2. The summed E-state index contributed by atoms with van der Waals surface area (Å²) in [5.74, 6) is 0. The summed E-state index contributed by atoms with van der Waals surface area (Å²) in [6.07, 6.45) is 4.17. The Kier molecular flexibility index (Phi) is 5.59. The minimum atomic E-state index is -0.167. The molecular formula is C9H20N2Sn. The van der Waals surface area contributed by atoms with Crippen molar-refractivity contribution in [3.8, 4) is 0 Å². The molecule has 1 unspecified atom stereocenters. The molecule has 1 aliphatic heterocycles. The predicted octanol–water partition coefficient (Wildman–Crippen LogP) is 1.12. The van der Waals surface area contributed by atoms with Gasteiger partial charge in [-0.1, -0.05) is 0 Å². The topological polar surface area (TPSA) is 15.3 Å². The van der Waals surface area contributed by atoms with Crippen LogP contribution >= 0.6 is 0 Å². The van der Waals surface area contributed by atoms with Crippen molar-refractivity contribution in [2.75, 3.05) is 19.6 Å². The molecule has 12 heavy (non-hydrogen) atoms. The van der Waals surface area contributed by atoms with Crippen LogP contribution in [0.2, 0.25) is 4.94 Å². The SMILES string of the molecule is CCCCC1CNCC[N]1[Sn][CH3]. The molecule has 0 aromatic heterocycles. The van der Waals surface area contributed by atoms with Gasteiger partial charge in [-0.15, -0.1) is 0 Å². The first-order chi connectivity index (χ1) is 5.88. The maximum absolute atomic E-state index is 3.49. The average molecular weight is 275 g/mol. The number of unbranched alkanes of at least 4 members (excludes halogenated alkanes) is 1. The van der Waals surface area contributed by atoms with Gasteiger partial charge in [0.05, 0.1) is 0 Å². The van der Waals surface area contributed by atoms with Gasteiger partial charge in [0.15, 0.2) is 0 Å². The Bertz CT molecular complexity index is 119. The van der Waals surface area contributed by atoms with Crippen molar-refractivity contribution in [3.05, 3.63) is 0 Å². The van der Waals surface area contributed by atoms with Gasteiger partial charge >= 0.3 is 86.7 Å². The van der Waals surface area contributed by atoms with Crippen molar-refractivity contribution in [1.29, 1.82) is 0 Å². The molecule has 0 aromatic carbocycles. The normalized spacial score (nSPS) is 26.0. The molecule has 1 heterocycles. The fourth-order valence-electron chi connectivity index (χ4n) is 1.75. The fourth-order valence-corrected chi connectivity index (χ4v) is 4.38. The van der Waals surface area contributed by atoms with E-state index in [0.29, 0.717) is 0 Å². The van der Waals surface area contributed by atoms with E-state index in [2.05, 4.69) is 20.3 Å². The Morgan fingerprint density at radius 1 is 1.58 bits per heavy atom. The number of nitrogens with one attached hydrogen (secondary N) is 1. The van der Waals surface area contributed by atoms with Gasteiger partial charge in [0.2, 0.25) is 0 Å². The summed E-state index contributed by atoms with van der Waals surface area (Å²) in [5, 5.41) is 3.49. The van der Waals surface area contributed by atoms with E-state index >= 15 is 0 Å². The van der Waals surface area contributed by atoms with Crippen molar-refractivity contribution < 1.29 is 0 Å². The standard InChI is InChI=1S/C8H17N2.CH3.Sn/c1-2-3-4-8-7-9-5-6-10-8;;/h8-9H,2-7H2,1H3;1H3;/q-1;;+1. The van der Waals surface area contributed by atoms with Gasteiger partial charge in [-0.05, 0) is 0 Å². The molecule has 1 rings (SSSR count). The van der Waals surface area contributed by atoms with Gasteiger partial charge in [-0.2, -0.15) is 0 Å². The molecule has 2 radical (unpaired) electrons. The molecule has 0 saturated carbocycles. The third-order valence-corrected chi connectivity index (χ3v) is 5.85. The van der Waals surface area contributed by atoms with E-state index in [1.807, 2.05) is 0 Å². The summed E-state index contributed by atoms with van der Waals surface area (Å²) in [6.45, 7) is 6.07. The van der Waals surface area contributed by atoms with Crippen molar-refractivity contribution >= 4 is 21.4 Å². The van der Waals surface area contributed by atoms with Gasteiger partial charge < -0.3 is 0 Å². The van der Waals surface area contributed by atoms with Gasteiger partial charge in [0.1, 0.15) is 0 Å². The van der Waals surface area contributed by atoms with Crippen LogP contribution in [0.1, 0.15) is 26.2 Å². The van der Waals surface area contributed by atoms with Crippen molar-refractivity contribution in [2.45, 2.75) is 37.2 Å².